The third-order valence-corrected chi connectivity index (χ3v) is 4.16. The summed E-state index contributed by atoms with van der Waals surface area (Å²) in [6.07, 6.45) is 7.75. The number of Topliss-reactive ketones (excluding diaryl/α,β-unsaturated/α-hetero) is 1. The Morgan fingerprint density at radius 1 is 1.44 bits per heavy atom. The Kier molecular flexibility index (Phi) is 7.58. The maximum Gasteiger partial charge on any atom is 0.171 e. The molecule has 0 fully saturated rings. The quantitative estimate of drug-likeness (QED) is 0.623. The van der Waals surface area contributed by atoms with Gasteiger partial charge < -0.3 is 0 Å². The number of rotatable bonds is 9. The second-order valence-corrected chi connectivity index (χ2v) is 5.48. The zero-order chi connectivity index (χ0) is 13.4. The summed E-state index contributed by atoms with van der Waals surface area (Å²) < 4.78 is 14.7. The molecule has 0 amide bonds. The first-order chi connectivity index (χ1) is 8.69. The van der Waals surface area contributed by atoms with Crippen LogP contribution in [0.1, 0.15) is 51.3 Å². The molecule has 0 atom stereocenters. The Morgan fingerprint density at radius 3 is 2.83 bits per heavy atom. The van der Waals surface area contributed by atoms with Crippen molar-refractivity contribution in [2.75, 3.05) is 0 Å². The molecule has 0 unspecified atom stereocenters. The van der Waals surface area contributed by atoms with E-state index in [4.69, 9.17) is 0 Å². The molecule has 3 nitrogen and oxygen atoms in total. The minimum absolute atomic E-state index is 0.167. The summed E-state index contributed by atoms with van der Waals surface area (Å²) in [5, 5.41) is 0. The van der Waals surface area contributed by atoms with Gasteiger partial charge in [-0.3, -0.25) is 4.79 Å². The van der Waals surface area contributed by atoms with Gasteiger partial charge in [-0.2, -0.15) is 0 Å². The summed E-state index contributed by atoms with van der Waals surface area (Å²) in [4.78, 5) is 15.2. The van der Waals surface area contributed by atoms with Gasteiger partial charge in [-0.25, -0.2) is 8.96 Å². The fraction of sp³-hybridized carbons (Fsp3) is 0.667. The molecule has 0 N–H and O–H groups in total. The zero-order valence-electron chi connectivity index (χ0n) is 10.5. The number of hydrogen-bond donors (Lipinski definition) is 0. The predicted molar refractivity (Wildman–Crippen MR) is 76.1 cm³/mol. The van der Waals surface area contributed by atoms with Crippen molar-refractivity contribution in [1.82, 2.24) is 8.96 Å². The minimum Gasteiger partial charge on any atom is -0.300 e. The molecule has 102 valence electrons. The average Bonchev–Trinajstić information content (AvgIpc) is 2.73. The molecule has 1 heterocycles. The van der Waals surface area contributed by atoms with Crippen molar-refractivity contribution < 1.29 is 8.68 Å². The lowest BCUT2D eigenvalue weighted by Gasteiger charge is -2.03. The number of nitrogens with zero attached hydrogens (tertiary/aromatic N) is 2. The average molecular weight is 337 g/mol. The standard InChI is InChI=1S/C12H18BrFN2OS/c1-2-10(17)7-5-3-4-6-8-12-15-9-11(13)16(12)18-14/h9H,2-8H2,1H3. The molecule has 0 aliphatic carbocycles. The van der Waals surface area contributed by atoms with E-state index in [0.717, 1.165) is 37.9 Å². The van der Waals surface area contributed by atoms with Crippen molar-refractivity contribution in [1.29, 1.82) is 0 Å². The van der Waals surface area contributed by atoms with Gasteiger partial charge in [0.25, 0.3) is 0 Å². The fourth-order valence-corrected chi connectivity index (χ4v) is 2.53. The highest BCUT2D eigenvalue weighted by atomic mass is 79.9. The van der Waals surface area contributed by atoms with E-state index in [1.165, 1.54) is 3.97 Å². The number of carbonyl (C=O) groups is 1. The van der Waals surface area contributed by atoms with Crippen molar-refractivity contribution in [3.63, 3.8) is 0 Å². The van der Waals surface area contributed by atoms with Crippen LogP contribution in [0.25, 0.3) is 0 Å². The van der Waals surface area contributed by atoms with Crippen LogP contribution in [-0.4, -0.2) is 14.7 Å². The number of aryl methyl sites for hydroxylation is 1. The van der Waals surface area contributed by atoms with Crippen LogP contribution in [0.3, 0.4) is 0 Å². The normalized spacial score (nSPS) is 10.8. The zero-order valence-corrected chi connectivity index (χ0v) is 12.9. The van der Waals surface area contributed by atoms with Gasteiger partial charge in [0.2, 0.25) is 0 Å². The van der Waals surface area contributed by atoms with Gasteiger partial charge in [-0.05, 0) is 28.8 Å². The highest BCUT2D eigenvalue weighted by Gasteiger charge is 2.08. The maximum absolute atomic E-state index is 12.6. The van der Waals surface area contributed by atoms with Crippen LogP contribution in [-0.2, 0) is 11.2 Å². The molecule has 0 aliphatic rings. The van der Waals surface area contributed by atoms with E-state index in [9.17, 15) is 8.68 Å². The predicted octanol–water partition coefficient (Wildman–Crippen LogP) is 4.50. The molecule has 0 spiro atoms. The van der Waals surface area contributed by atoms with Crippen molar-refractivity contribution in [3.05, 3.63) is 16.6 Å². The smallest absolute Gasteiger partial charge is 0.171 e. The van der Waals surface area contributed by atoms with Gasteiger partial charge in [-0.15, -0.1) is 3.89 Å². The van der Waals surface area contributed by atoms with Crippen LogP contribution in [0.2, 0.25) is 0 Å². The fourth-order valence-electron chi connectivity index (χ4n) is 1.73. The molecule has 0 radical (unpaired) electrons. The number of ketones is 1. The Balaban J connectivity index is 2.16. The van der Waals surface area contributed by atoms with E-state index in [1.54, 1.807) is 6.20 Å². The molecule has 18 heavy (non-hydrogen) atoms. The van der Waals surface area contributed by atoms with Crippen LogP contribution in [0.5, 0.6) is 0 Å². The molecule has 0 bridgehead atoms. The van der Waals surface area contributed by atoms with Gasteiger partial charge in [0.1, 0.15) is 16.2 Å². The Morgan fingerprint density at radius 2 is 2.17 bits per heavy atom. The van der Waals surface area contributed by atoms with Gasteiger partial charge in [-0.1, -0.05) is 19.8 Å². The van der Waals surface area contributed by atoms with Gasteiger partial charge in [0.05, 0.1) is 6.20 Å². The number of unbranched alkanes of at least 4 members (excludes halogenated alkanes) is 3. The largest absolute Gasteiger partial charge is 0.300 e. The third-order valence-electron chi connectivity index (χ3n) is 2.82. The summed E-state index contributed by atoms with van der Waals surface area (Å²) in [6.45, 7) is 1.90. The summed E-state index contributed by atoms with van der Waals surface area (Å²) in [5.74, 6) is 1.09. The maximum atomic E-state index is 12.6. The monoisotopic (exact) mass is 336 g/mol. The molecule has 0 aromatic carbocycles. The van der Waals surface area contributed by atoms with Crippen molar-refractivity contribution in [2.45, 2.75) is 51.9 Å². The summed E-state index contributed by atoms with van der Waals surface area (Å²) >= 11 is 3.40. The lowest BCUT2D eigenvalue weighted by Crippen LogP contribution is -1.97. The summed E-state index contributed by atoms with van der Waals surface area (Å²) in [6, 6.07) is 0. The molecule has 1 aromatic rings. The van der Waals surface area contributed by atoms with Gasteiger partial charge in [0.15, 0.2) is 12.3 Å². The van der Waals surface area contributed by atoms with E-state index in [2.05, 4.69) is 20.9 Å². The summed E-state index contributed by atoms with van der Waals surface area (Å²) in [5.41, 5.74) is 0. The van der Waals surface area contributed by atoms with Crippen molar-refractivity contribution in [2.24, 2.45) is 0 Å². The van der Waals surface area contributed by atoms with Crippen molar-refractivity contribution in [3.8, 4) is 0 Å². The van der Waals surface area contributed by atoms with Crippen LogP contribution < -0.4 is 0 Å². The summed E-state index contributed by atoms with van der Waals surface area (Å²) in [7, 11) is 0. The van der Waals surface area contributed by atoms with Crippen LogP contribution in [0.4, 0.5) is 3.89 Å². The lowest BCUT2D eigenvalue weighted by molar-refractivity contribution is -0.118. The topological polar surface area (TPSA) is 34.9 Å². The third kappa shape index (κ3) is 5.10. The van der Waals surface area contributed by atoms with E-state index in [-0.39, 0.29) is 12.3 Å². The number of imidazole rings is 1. The van der Waals surface area contributed by atoms with E-state index in [0.29, 0.717) is 23.2 Å². The first-order valence-electron chi connectivity index (χ1n) is 6.22. The SMILES string of the molecule is CCC(=O)CCCCCCc1ncc(Br)n1SF. The highest BCUT2D eigenvalue weighted by Crippen LogP contribution is 2.22. The number of aromatic nitrogens is 2. The second-order valence-electron chi connectivity index (χ2n) is 4.17. The molecule has 0 aliphatic heterocycles. The first kappa shape index (κ1) is 15.7. The number of hydrogen-bond acceptors (Lipinski definition) is 3. The molecule has 1 aromatic heterocycles. The second kappa shape index (κ2) is 8.69. The lowest BCUT2D eigenvalue weighted by atomic mass is 10.1. The number of halogens is 2. The molecular formula is C12H18BrFN2OS. The highest BCUT2D eigenvalue weighted by molar-refractivity contribution is 9.10. The van der Waals surface area contributed by atoms with Crippen molar-refractivity contribution >= 4 is 34.0 Å². The Hall–Kier alpha value is -0.360. The van der Waals surface area contributed by atoms with Crippen LogP contribution in [0.15, 0.2) is 10.8 Å². The first-order valence-corrected chi connectivity index (χ1v) is 7.68. The molecule has 6 heteroatoms. The van der Waals surface area contributed by atoms with Crippen LogP contribution >= 0.6 is 28.3 Å². The van der Waals surface area contributed by atoms with E-state index in [1.807, 2.05) is 6.92 Å². The molecule has 1 rings (SSSR count). The molecule has 0 saturated heterocycles. The van der Waals surface area contributed by atoms with Crippen LogP contribution in [0, 0.1) is 0 Å². The van der Waals surface area contributed by atoms with E-state index < -0.39 is 0 Å². The molecular weight excluding hydrogens is 319 g/mol. The minimum atomic E-state index is 0.167. The molecule has 0 saturated carbocycles. The number of carbonyl (C=O) groups excluding carboxylic acids is 1. The Bertz CT molecular complexity index is 384. The van der Waals surface area contributed by atoms with Gasteiger partial charge >= 0.3 is 0 Å². The van der Waals surface area contributed by atoms with Gasteiger partial charge in [0, 0.05) is 19.3 Å². The van der Waals surface area contributed by atoms with E-state index >= 15 is 0 Å². The Labute approximate surface area is 120 Å².